The Labute approximate surface area is 331 Å². The molecule has 0 saturated heterocycles. The molecular formula is C40H53N7O10. The van der Waals surface area contributed by atoms with Crippen molar-refractivity contribution in [3.63, 3.8) is 0 Å². The first-order valence-electron chi connectivity index (χ1n) is 18.6. The van der Waals surface area contributed by atoms with Crippen LogP contribution in [0.25, 0.3) is 0 Å². The average molecular weight is 792 g/mol. The van der Waals surface area contributed by atoms with Gasteiger partial charge in [-0.05, 0) is 43.6 Å². The summed E-state index contributed by atoms with van der Waals surface area (Å²) in [5.41, 5.74) is 13.6. The van der Waals surface area contributed by atoms with Gasteiger partial charge in [0.05, 0.1) is 12.3 Å². The quantitative estimate of drug-likeness (QED) is 0.0212. The Bertz CT molecular complexity index is 1740. The normalized spacial score (nSPS) is 13.4. The van der Waals surface area contributed by atoms with Crippen molar-refractivity contribution in [1.82, 2.24) is 26.7 Å². The molecule has 0 radical (unpaired) electrons. The van der Waals surface area contributed by atoms with E-state index < -0.39 is 72.0 Å². The van der Waals surface area contributed by atoms with E-state index in [1.807, 2.05) is 0 Å². The lowest BCUT2D eigenvalue weighted by atomic mass is 9.90. The van der Waals surface area contributed by atoms with Gasteiger partial charge >= 0.3 is 0 Å². The Balaban J connectivity index is 2.33. The summed E-state index contributed by atoms with van der Waals surface area (Å²) in [5.74, 6) is -5.73. The number of terminal acetylenes is 1. The van der Waals surface area contributed by atoms with Gasteiger partial charge in [0.15, 0.2) is 5.78 Å². The lowest BCUT2D eigenvalue weighted by Gasteiger charge is -2.27. The number of aliphatic hydroxyl groups is 1. The lowest BCUT2D eigenvalue weighted by molar-refractivity contribution is -0.147. The maximum atomic E-state index is 13.8. The molecule has 2 rings (SSSR count). The van der Waals surface area contributed by atoms with Gasteiger partial charge in [0.1, 0.15) is 24.2 Å². The number of ketones is 1. The first-order chi connectivity index (χ1) is 27.1. The number of hydroxylamine groups is 1. The summed E-state index contributed by atoms with van der Waals surface area (Å²) in [6.07, 6.45) is 4.39. The molecule has 0 spiro atoms. The molecule has 0 heterocycles. The van der Waals surface area contributed by atoms with Gasteiger partial charge in [-0.15, -0.1) is 12.3 Å². The van der Waals surface area contributed by atoms with E-state index in [-0.39, 0.29) is 43.3 Å². The van der Waals surface area contributed by atoms with Crippen molar-refractivity contribution in [2.45, 2.75) is 95.9 Å². The van der Waals surface area contributed by atoms with Crippen LogP contribution >= 0.6 is 0 Å². The largest absolute Gasteiger partial charge is 0.382 e. The van der Waals surface area contributed by atoms with E-state index >= 15 is 0 Å². The lowest BCUT2D eigenvalue weighted by Crippen LogP contribution is -2.58. The predicted octanol–water partition coefficient (Wildman–Crippen LogP) is -0.106. The molecule has 1 unspecified atom stereocenters. The summed E-state index contributed by atoms with van der Waals surface area (Å²) in [6, 6.07) is 10.4. The first kappa shape index (κ1) is 47.0. The molecule has 2 aromatic carbocycles. The topological polar surface area (TPSA) is 289 Å². The van der Waals surface area contributed by atoms with E-state index in [9.17, 15) is 43.5 Å². The zero-order chi connectivity index (χ0) is 42.5. The number of amides is 7. The number of unbranched alkanes of at least 4 members (excludes halogenated alkanes) is 2. The fraction of sp³-hybridized carbons (Fsp3) is 0.450. The number of carbonyl (C=O) groups excluding carboxylic acids is 8. The highest BCUT2D eigenvalue weighted by molar-refractivity contribution is 6.09. The number of rotatable bonds is 25. The van der Waals surface area contributed by atoms with Crippen molar-refractivity contribution in [2.24, 2.45) is 23.3 Å². The standard InChI is InChI=1S/C40H53N7O10/c1-4-5-7-15-33(49)43-20-11-10-14-29(36(42)52)44-38(54)30(22-25-16-18-27(19-17-25)34(50)26-12-8-6-9-13-26)46-39(55)31(23-32(41)48)45-37(53)28(21-24(2)3)35(51)40(56)47-57/h1,6,8-9,12-13,16-19,24,28-31,35,51,57H,5,7,10-11,14-15,20-23H2,2-3H3,(H2,41,48)(H2,42,52)(H,43,49)(H,44,54)(H,45,53)(H,46,55)(H,47,56)/t28-,29?,30-,31-,35-/m0/s1. The fourth-order valence-electron chi connectivity index (χ4n) is 5.79. The molecule has 11 N–H and O–H groups in total. The van der Waals surface area contributed by atoms with Crippen molar-refractivity contribution in [2.75, 3.05) is 6.54 Å². The van der Waals surface area contributed by atoms with Crippen LogP contribution in [0.5, 0.6) is 0 Å². The minimum atomic E-state index is -2.02. The Morgan fingerprint density at radius 2 is 1.35 bits per heavy atom. The molecule has 0 fully saturated rings. The molecule has 308 valence electrons. The number of nitrogens with two attached hydrogens (primary N) is 2. The van der Waals surface area contributed by atoms with Crippen LogP contribution in [0.4, 0.5) is 0 Å². The Kier molecular flexibility index (Phi) is 20.1. The van der Waals surface area contributed by atoms with Crippen molar-refractivity contribution < 1.29 is 48.7 Å². The zero-order valence-corrected chi connectivity index (χ0v) is 32.1. The predicted molar refractivity (Wildman–Crippen MR) is 207 cm³/mol. The number of carbonyl (C=O) groups is 8. The van der Waals surface area contributed by atoms with E-state index in [1.165, 1.54) is 5.48 Å². The molecule has 0 bridgehead atoms. The van der Waals surface area contributed by atoms with Crippen LogP contribution in [0.2, 0.25) is 0 Å². The van der Waals surface area contributed by atoms with E-state index in [4.69, 9.17) is 23.1 Å². The number of benzene rings is 2. The van der Waals surface area contributed by atoms with Crippen LogP contribution in [-0.2, 0) is 40.0 Å². The number of nitrogens with one attached hydrogen (secondary N) is 5. The molecule has 2 aromatic rings. The van der Waals surface area contributed by atoms with Gasteiger partial charge < -0.3 is 37.8 Å². The van der Waals surface area contributed by atoms with Gasteiger partial charge in [0.25, 0.3) is 5.91 Å². The van der Waals surface area contributed by atoms with Gasteiger partial charge in [-0.25, -0.2) is 5.48 Å². The summed E-state index contributed by atoms with van der Waals surface area (Å²) in [4.78, 5) is 102. The molecule has 0 aliphatic heterocycles. The Morgan fingerprint density at radius 1 is 0.754 bits per heavy atom. The highest BCUT2D eigenvalue weighted by atomic mass is 16.5. The van der Waals surface area contributed by atoms with Gasteiger partial charge in [0, 0.05) is 36.9 Å². The van der Waals surface area contributed by atoms with E-state index in [0.717, 1.165) is 0 Å². The second kappa shape index (κ2) is 24.4. The second-order valence-corrected chi connectivity index (χ2v) is 13.9. The first-order valence-corrected chi connectivity index (χ1v) is 18.6. The minimum Gasteiger partial charge on any atom is -0.382 e. The van der Waals surface area contributed by atoms with E-state index in [2.05, 4.69) is 27.2 Å². The summed E-state index contributed by atoms with van der Waals surface area (Å²) < 4.78 is 0. The average Bonchev–Trinajstić information content (AvgIpc) is 3.18. The third-order valence-corrected chi connectivity index (χ3v) is 8.81. The number of aliphatic hydroxyl groups excluding tert-OH is 1. The SMILES string of the molecule is C#CCCCC(=O)NCCCCC(NC(=O)[C@H](Cc1ccc(C(=O)c2ccccc2)cc1)NC(=O)[C@H](CC(N)=O)NC(=O)[C@@H](CC(C)C)[C@H](O)C(=O)NO)C(N)=O. The molecule has 0 saturated carbocycles. The highest BCUT2D eigenvalue weighted by Crippen LogP contribution is 2.18. The maximum absolute atomic E-state index is 13.8. The third kappa shape index (κ3) is 16.6. The molecule has 5 atom stereocenters. The molecule has 7 amide bonds. The number of hydrogen-bond donors (Lipinski definition) is 9. The van der Waals surface area contributed by atoms with Crippen LogP contribution in [0, 0.1) is 24.2 Å². The van der Waals surface area contributed by atoms with Gasteiger partial charge in [-0.3, -0.25) is 43.6 Å². The Morgan fingerprint density at radius 3 is 1.93 bits per heavy atom. The van der Waals surface area contributed by atoms with Crippen LogP contribution in [0.1, 0.15) is 86.7 Å². The molecule has 0 aliphatic rings. The monoisotopic (exact) mass is 791 g/mol. The van der Waals surface area contributed by atoms with Crippen LogP contribution in [0.15, 0.2) is 54.6 Å². The smallest absolute Gasteiger partial charge is 0.272 e. The fourth-order valence-corrected chi connectivity index (χ4v) is 5.79. The second-order valence-electron chi connectivity index (χ2n) is 13.9. The summed E-state index contributed by atoms with van der Waals surface area (Å²) in [7, 11) is 0. The van der Waals surface area contributed by atoms with Crippen LogP contribution in [-0.4, -0.2) is 88.2 Å². The third-order valence-electron chi connectivity index (χ3n) is 8.81. The van der Waals surface area contributed by atoms with Crippen LogP contribution in [0.3, 0.4) is 0 Å². The molecule has 57 heavy (non-hydrogen) atoms. The molecule has 0 aliphatic carbocycles. The van der Waals surface area contributed by atoms with Crippen molar-refractivity contribution in [3.05, 3.63) is 71.3 Å². The number of primary amides is 2. The van der Waals surface area contributed by atoms with Crippen molar-refractivity contribution in [3.8, 4) is 12.3 Å². The molecule has 17 nitrogen and oxygen atoms in total. The summed E-state index contributed by atoms with van der Waals surface area (Å²) in [5, 5.41) is 29.6. The molecular weight excluding hydrogens is 738 g/mol. The van der Waals surface area contributed by atoms with Crippen molar-refractivity contribution in [1.29, 1.82) is 0 Å². The van der Waals surface area contributed by atoms with Gasteiger partial charge in [0.2, 0.25) is 35.4 Å². The molecule has 17 heteroatoms. The van der Waals surface area contributed by atoms with Crippen molar-refractivity contribution >= 4 is 47.1 Å². The van der Waals surface area contributed by atoms with E-state index in [1.54, 1.807) is 68.4 Å². The summed E-state index contributed by atoms with van der Waals surface area (Å²) in [6.45, 7) is 3.71. The zero-order valence-electron chi connectivity index (χ0n) is 32.1. The Hall–Kier alpha value is -6.12. The number of hydrogen-bond acceptors (Lipinski definition) is 10. The van der Waals surface area contributed by atoms with Crippen LogP contribution < -0.4 is 38.2 Å². The highest BCUT2D eigenvalue weighted by Gasteiger charge is 2.36. The summed E-state index contributed by atoms with van der Waals surface area (Å²) >= 11 is 0. The maximum Gasteiger partial charge on any atom is 0.272 e. The minimum absolute atomic E-state index is 0.0630. The van der Waals surface area contributed by atoms with Gasteiger partial charge in [-0.1, -0.05) is 68.4 Å². The van der Waals surface area contributed by atoms with Gasteiger partial charge in [-0.2, -0.15) is 0 Å². The van der Waals surface area contributed by atoms with E-state index in [0.29, 0.717) is 48.9 Å². The molecule has 0 aromatic heterocycles.